The summed E-state index contributed by atoms with van der Waals surface area (Å²) >= 11 is 0. The predicted octanol–water partition coefficient (Wildman–Crippen LogP) is 5.41. The number of ether oxygens (including phenoxy) is 2. The molecule has 1 fully saturated rings. The third-order valence-corrected chi connectivity index (χ3v) is 4.44. The van der Waals surface area contributed by atoms with Crippen molar-refractivity contribution in [2.45, 2.75) is 103 Å². The Morgan fingerprint density at radius 2 is 1.55 bits per heavy atom. The number of hydrogen-bond acceptors (Lipinski definition) is 3. The molecule has 0 aromatic carbocycles. The second-order valence-electron chi connectivity index (χ2n) is 6.60. The van der Waals surface area contributed by atoms with Crippen molar-refractivity contribution in [2.75, 3.05) is 13.2 Å². The molecule has 3 nitrogen and oxygen atoms in total. The van der Waals surface area contributed by atoms with E-state index in [-0.39, 0.29) is 12.1 Å². The Balaban J connectivity index is 1.76. The zero-order valence-electron chi connectivity index (χ0n) is 14.6. The van der Waals surface area contributed by atoms with E-state index in [0.717, 1.165) is 32.3 Å². The molecule has 0 saturated carbocycles. The van der Waals surface area contributed by atoms with Crippen LogP contribution in [0.2, 0.25) is 0 Å². The van der Waals surface area contributed by atoms with Crippen molar-refractivity contribution in [3.05, 3.63) is 0 Å². The summed E-state index contributed by atoms with van der Waals surface area (Å²) in [5.41, 5.74) is 0. The smallest absolute Gasteiger partial charge is 0.305 e. The van der Waals surface area contributed by atoms with Crippen LogP contribution >= 0.6 is 0 Å². The Hall–Kier alpha value is -0.570. The maximum atomic E-state index is 11.6. The molecule has 0 aliphatic carbocycles. The summed E-state index contributed by atoms with van der Waals surface area (Å²) in [5.74, 6) is -0.0496. The topological polar surface area (TPSA) is 35.5 Å². The molecule has 0 aromatic heterocycles. The number of carbonyl (C=O) groups is 1. The molecule has 0 radical (unpaired) electrons. The van der Waals surface area contributed by atoms with Crippen LogP contribution in [0.1, 0.15) is 96.8 Å². The van der Waals surface area contributed by atoms with Gasteiger partial charge in [0.05, 0.1) is 6.10 Å². The zero-order chi connectivity index (χ0) is 15.9. The molecule has 130 valence electrons. The molecule has 1 heterocycles. The summed E-state index contributed by atoms with van der Waals surface area (Å²) in [6, 6.07) is 0. The molecule has 3 heteroatoms. The van der Waals surface area contributed by atoms with E-state index < -0.39 is 0 Å². The monoisotopic (exact) mass is 312 g/mol. The highest BCUT2D eigenvalue weighted by Crippen LogP contribution is 2.14. The van der Waals surface area contributed by atoms with Crippen LogP contribution in [0.5, 0.6) is 0 Å². The Labute approximate surface area is 137 Å². The van der Waals surface area contributed by atoms with E-state index in [1.165, 1.54) is 57.8 Å². The number of esters is 1. The molecule has 0 N–H and O–H groups in total. The van der Waals surface area contributed by atoms with Gasteiger partial charge in [0.15, 0.2) is 0 Å². The van der Waals surface area contributed by atoms with Crippen molar-refractivity contribution in [3.63, 3.8) is 0 Å². The Morgan fingerprint density at radius 3 is 2.09 bits per heavy atom. The molecule has 1 unspecified atom stereocenters. The fourth-order valence-corrected chi connectivity index (χ4v) is 2.97. The summed E-state index contributed by atoms with van der Waals surface area (Å²) in [5, 5.41) is 0. The Morgan fingerprint density at radius 1 is 0.955 bits per heavy atom. The number of carbonyl (C=O) groups excluding carboxylic acids is 1. The van der Waals surface area contributed by atoms with E-state index in [9.17, 15) is 4.79 Å². The van der Waals surface area contributed by atoms with Gasteiger partial charge in [0, 0.05) is 13.0 Å². The van der Waals surface area contributed by atoms with Crippen molar-refractivity contribution in [3.8, 4) is 0 Å². The standard InChI is InChI=1S/C19H36O3/c1-2-3-4-5-6-7-8-9-10-11-12-15-19(20)22-17-18-14-13-16-21-18/h18H,2-17H2,1H3. The van der Waals surface area contributed by atoms with Gasteiger partial charge in [0.1, 0.15) is 6.61 Å². The van der Waals surface area contributed by atoms with Gasteiger partial charge in [0.25, 0.3) is 0 Å². The molecule has 0 bridgehead atoms. The minimum absolute atomic E-state index is 0.0496. The van der Waals surface area contributed by atoms with E-state index in [2.05, 4.69) is 6.92 Å². The van der Waals surface area contributed by atoms with E-state index >= 15 is 0 Å². The molecule has 0 amide bonds. The van der Waals surface area contributed by atoms with Gasteiger partial charge in [0.2, 0.25) is 0 Å². The lowest BCUT2D eigenvalue weighted by atomic mass is 10.1. The molecule has 1 saturated heterocycles. The second kappa shape index (κ2) is 14.0. The largest absolute Gasteiger partial charge is 0.463 e. The van der Waals surface area contributed by atoms with E-state index in [1.807, 2.05) is 0 Å². The van der Waals surface area contributed by atoms with Crippen LogP contribution < -0.4 is 0 Å². The van der Waals surface area contributed by atoms with Gasteiger partial charge in [-0.05, 0) is 19.3 Å². The summed E-state index contributed by atoms with van der Waals surface area (Å²) in [6.07, 6.45) is 17.2. The molecular formula is C19H36O3. The van der Waals surface area contributed by atoms with Gasteiger partial charge >= 0.3 is 5.97 Å². The van der Waals surface area contributed by atoms with Crippen LogP contribution in [0.15, 0.2) is 0 Å². The Kier molecular flexibility index (Phi) is 12.4. The molecule has 1 aliphatic rings. The van der Waals surface area contributed by atoms with Gasteiger partial charge in [-0.1, -0.05) is 71.1 Å². The first kappa shape index (κ1) is 19.5. The number of hydrogen-bond donors (Lipinski definition) is 0. The zero-order valence-corrected chi connectivity index (χ0v) is 14.6. The highest BCUT2D eigenvalue weighted by molar-refractivity contribution is 5.69. The molecule has 0 aromatic rings. The molecule has 1 rings (SSSR count). The van der Waals surface area contributed by atoms with Crippen molar-refractivity contribution in [2.24, 2.45) is 0 Å². The van der Waals surface area contributed by atoms with E-state index in [1.54, 1.807) is 0 Å². The SMILES string of the molecule is CCCCCCCCCCCCCC(=O)OCC1CCCO1. The third kappa shape index (κ3) is 11.1. The molecule has 1 aliphatic heterocycles. The first-order chi connectivity index (χ1) is 10.8. The number of rotatable bonds is 14. The number of unbranched alkanes of at least 4 members (excludes halogenated alkanes) is 10. The quantitative estimate of drug-likeness (QED) is 0.318. The second-order valence-corrected chi connectivity index (χ2v) is 6.60. The third-order valence-electron chi connectivity index (χ3n) is 4.44. The molecule has 1 atom stereocenters. The van der Waals surface area contributed by atoms with Gasteiger partial charge in [-0.2, -0.15) is 0 Å². The average molecular weight is 312 g/mol. The van der Waals surface area contributed by atoms with Crippen molar-refractivity contribution < 1.29 is 14.3 Å². The van der Waals surface area contributed by atoms with Crippen LogP contribution in [0.4, 0.5) is 0 Å². The van der Waals surface area contributed by atoms with Crippen molar-refractivity contribution in [1.82, 2.24) is 0 Å². The lowest BCUT2D eigenvalue weighted by Crippen LogP contribution is -2.17. The Bertz CT molecular complexity index is 259. The van der Waals surface area contributed by atoms with Crippen molar-refractivity contribution in [1.29, 1.82) is 0 Å². The van der Waals surface area contributed by atoms with Crippen LogP contribution in [0.25, 0.3) is 0 Å². The van der Waals surface area contributed by atoms with E-state index in [0.29, 0.717) is 13.0 Å². The fourth-order valence-electron chi connectivity index (χ4n) is 2.97. The summed E-state index contributed by atoms with van der Waals surface area (Å²) in [7, 11) is 0. The average Bonchev–Trinajstić information content (AvgIpc) is 3.04. The fraction of sp³-hybridized carbons (Fsp3) is 0.947. The van der Waals surface area contributed by atoms with E-state index in [4.69, 9.17) is 9.47 Å². The predicted molar refractivity (Wildman–Crippen MR) is 91.0 cm³/mol. The first-order valence-corrected chi connectivity index (χ1v) is 9.60. The van der Waals surface area contributed by atoms with Crippen LogP contribution in [-0.2, 0) is 14.3 Å². The summed E-state index contributed by atoms with van der Waals surface area (Å²) < 4.78 is 10.7. The van der Waals surface area contributed by atoms with Gasteiger partial charge in [-0.15, -0.1) is 0 Å². The lowest BCUT2D eigenvalue weighted by Gasteiger charge is -2.10. The summed E-state index contributed by atoms with van der Waals surface area (Å²) in [6.45, 7) is 3.54. The molecular weight excluding hydrogens is 276 g/mol. The summed E-state index contributed by atoms with van der Waals surface area (Å²) in [4.78, 5) is 11.6. The van der Waals surface area contributed by atoms with Gasteiger partial charge in [-0.3, -0.25) is 4.79 Å². The van der Waals surface area contributed by atoms with Crippen molar-refractivity contribution >= 4 is 5.97 Å². The molecule has 22 heavy (non-hydrogen) atoms. The maximum Gasteiger partial charge on any atom is 0.305 e. The van der Waals surface area contributed by atoms with Crippen LogP contribution in [0.3, 0.4) is 0 Å². The maximum absolute atomic E-state index is 11.6. The van der Waals surface area contributed by atoms with Gasteiger partial charge in [-0.25, -0.2) is 0 Å². The first-order valence-electron chi connectivity index (χ1n) is 9.60. The minimum Gasteiger partial charge on any atom is -0.463 e. The highest BCUT2D eigenvalue weighted by Gasteiger charge is 2.17. The highest BCUT2D eigenvalue weighted by atomic mass is 16.6. The van der Waals surface area contributed by atoms with Crippen LogP contribution in [-0.4, -0.2) is 25.3 Å². The lowest BCUT2D eigenvalue weighted by molar-refractivity contribution is -0.147. The minimum atomic E-state index is -0.0496. The van der Waals surface area contributed by atoms with Crippen LogP contribution in [0, 0.1) is 0 Å². The normalized spacial score (nSPS) is 17.8. The molecule has 0 spiro atoms. The van der Waals surface area contributed by atoms with Gasteiger partial charge < -0.3 is 9.47 Å².